The molecule has 1 aromatic carbocycles. The molecule has 0 amide bonds. The first-order valence-corrected chi connectivity index (χ1v) is 9.45. The smallest absolute Gasteiger partial charge is 0.191 e. The van der Waals surface area contributed by atoms with Crippen LogP contribution in [0.15, 0.2) is 23.2 Å². The molecule has 0 fully saturated rings. The predicted octanol–water partition coefficient (Wildman–Crippen LogP) is 2.69. The molecule has 27 heavy (non-hydrogen) atoms. The lowest BCUT2D eigenvalue weighted by Crippen LogP contribution is -2.43. The summed E-state index contributed by atoms with van der Waals surface area (Å²) < 4.78 is 7.35. The third-order valence-electron chi connectivity index (χ3n) is 4.95. The van der Waals surface area contributed by atoms with Crippen LogP contribution in [-0.4, -0.2) is 42.5 Å². The van der Waals surface area contributed by atoms with Crippen molar-refractivity contribution in [1.29, 1.82) is 0 Å². The lowest BCUT2D eigenvalue weighted by Gasteiger charge is -2.18. The molecule has 0 saturated heterocycles. The number of aliphatic imine (C=N–C) groups is 1. The number of guanidine groups is 1. The highest BCUT2D eigenvalue weighted by molar-refractivity contribution is 5.79. The van der Waals surface area contributed by atoms with Crippen LogP contribution in [0.3, 0.4) is 0 Å². The number of hydrogen-bond donors (Lipinski definition) is 2. The summed E-state index contributed by atoms with van der Waals surface area (Å²) in [5.74, 6) is 1.76. The monoisotopic (exact) mass is 371 g/mol. The van der Waals surface area contributed by atoms with Gasteiger partial charge in [0.25, 0.3) is 0 Å². The van der Waals surface area contributed by atoms with Crippen LogP contribution in [0.1, 0.15) is 35.0 Å². The van der Waals surface area contributed by atoms with Crippen molar-refractivity contribution in [2.24, 2.45) is 12.0 Å². The van der Waals surface area contributed by atoms with Crippen LogP contribution in [0.25, 0.3) is 0 Å². The quantitative estimate of drug-likeness (QED) is 0.580. The average molecular weight is 372 g/mol. The summed E-state index contributed by atoms with van der Waals surface area (Å²) in [5.41, 5.74) is 6.02. The number of ether oxygens (including phenoxy) is 1. The van der Waals surface area contributed by atoms with Crippen LogP contribution in [0.4, 0.5) is 0 Å². The van der Waals surface area contributed by atoms with E-state index in [0.717, 1.165) is 42.4 Å². The zero-order valence-electron chi connectivity index (χ0n) is 17.7. The van der Waals surface area contributed by atoms with Gasteiger partial charge in [-0.25, -0.2) is 0 Å². The van der Waals surface area contributed by atoms with E-state index in [9.17, 15) is 0 Å². The topological polar surface area (TPSA) is 63.5 Å². The van der Waals surface area contributed by atoms with Gasteiger partial charge in [-0.2, -0.15) is 5.10 Å². The summed E-state index contributed by atoms with van der Waals surface area (Å²) >= 11 is 0. The number of nitrogens with one attached hydrogen (secondary N) is 2. The van der Waals surface area contributed by atoms with Crippen LogP contribution in [0.2, 0.25) is 0 Å². The first-order valence-electron chi connectivity index (χ1n) is 9.45. The van der Waals surface area contributed by atoms with E-state index in [0.29, 0.717) is 0 Å². The van der Waals surface area contributed by atoms with Gasteiger partial charge < -0.3 is 15.4 Å². The first-order chi connectivity index (χ1) is 12.8. The fourth-order valence-corrected chi connectivity index (χ4v) is 3.24. The van der Waals surface area contributed by atoms with Crippen molar-refractivity contribution in [3.63, 3.8) is 0 Å². The van der Waals surface area contributed by atoms with E-state index in [4.69, 9.17) is 4.74 Å². The Bertz CT molecular complexity index is 794. The lowest BCUT2D eigenvalue weighted by atomic mass is 10.1. The van der Waals surface area contributed by atoms with Gasteiger partial charge in [-0.05, 0) is 63.3 Å². The van der Waals surface area contributed by atoms with Gasteiger partial charge in [0, 0.05) is 32.4 Å². The zero-order chi connectivity index (χ0) is 20.0. The van der Waals surface area contributed by atoms with Gasteiger partial charge >= 0.3 is 0 Å². The van der Waals surface area contributed by atoms with Crippen LogP contribution in [0.5, 0.6) is 5.75 Å². The molecule has 0 spiro atoms. The van der Waals surface area contributed by atoms with Crippen molar-refractivity contribution in [3.05, 3.63) is 46.3 Å². The van der Waals surface area contributed by atoms with Gasteiger partial charge in [0.15, 0.2) is 5.96 Å². The molecule has 0 bridgehead atoms. The Labute approximate surface area is 163 Å². The second kappa shape index (κ2) is 9.44. The summed E-state index contributed by atoms with van der Waals surface area (Å²) in [6.07, 6.45) is 1.83. The van der Waals surface area contributed by atoms with Crippen molar-refractivity contribution >= 4 is 5.96 Å². The fourth-order valence-electron chi connectivity index (χ4n) is 3.24. The number of nitrogens with zero attached hydrogens (tertiary/aromatic N) is 3. The van der Waals surface area contributed by atoms with Crippen LogP contribution in [0, 0.1) is 20.8 Å². The second-order valence-electron chi connectivity index (χ2n) is 7.08. The minimum atomic E-state index is 0.261. The SMILES string of the molecule is CN=C(NCCc1ccc(C)c(OC)c1)NC(C)Cc1c(C)nn(C)c1C. The second-order valence-corrected chi connectivity index (χ2v) is 7.08. The Morgan fingerprint density at radius 1 is 1.30 bits per heavy atom. The molecule has 6 heteroatoms. The highest BCUT2D eigenvalue weighted by atomic mass is 16.5. The molecule has 2 aromatic rings. The largest absolute Gasteiger partial charge is 0.496 e. The molecule has 0 saturated carbocycles. The molecule has 0 aliphatic heterocycles. The molecule has 1 unspecified atom stereocenters. The minimum absolute atomic E-state index is 0.261. The maximum Gasteiger partial charge on any atom is 0.191 e. The van der Waals surface area contributed by atoms with E-state index in [1.54, 1.807) is 14.2 Å². The van der Waals surface area contributed by atoms with Crippen molar-refractivity contribution in [2.75, 3.05) is 20.7 Å². The average Bonchev–Trinajstić information content (AvgIpc) is 2.88. The number of methoxy groups -OCH3 is 1. The standard InChI is InChI=1S/C21H33N5O/c1-14-8-9-18(13-20(14)27-7)10-11-23-21(22-5)24-15(2)12-19-16(3)25-26(6)17(19)4/h8-9,13,15H,10-12H2,1-7H3,(H2,22,23,24). The van der Waals surface area contributed by atoms with Crippen LogP contribution < -0.4 is 15.4 Å². The third-order valence-corrected chi connectivity index (χ3v) is 4.95. The highest BCUT2D eigenvalue weighted by Gasteiger charge is 2.14. The summed E-state index contributed by atoms with van der Waals surface area (Å²) in [7, 11) is 5.51. The zero-order valence-corrected chi connectivity index (χ0v) is 17.7. The van der Waals surface area contributed by atoms with Gasteiger partial charge in [0.2, 0.25) is 0 Å². The summed E-state index contributed by atoms with van der Waals surface area (Å²) in [6, 6.07) is 6.61. The van der Waals surface area contributed by atoms with Gasteiger partial charge in [-0.1, -0.05) is 12.1 Å². The molecule has 2 N–H and O–H groups in total. The highest BCUT2D eigenvalue weighted by Crippen LogP contribution is 2.19. The predicted molar refractivity (Wildman–Crippen MR) is 112 cm³/mol. The number of benzene rings is 1. The maximum atomic E-state index is 5.40. The minimum Gasteiger partial charge on any atom is -0.496 e. The lowest BCUT2D eigenvalue weighted by molar-refractivity contribution is 0.411. The van der Waals surface area contributed by atoms with Crippen molar-refractivity contribution < 1.29 is 4.74 Å². The van der Waals surface area contributed by atoms with Crippen molar-refractivity contribution in [1.82, 2.24) is 20.4 Å². The molecule has 0 aliphatic carbocycles. The van der Waals surface area contributed by atoms with E-state index >= 15 is 0 Å². The molecule has 6 nitrogen and oxygen atoms in total. The van der Waals surface area contributed by atoms with E-state index < -0.39 is 0 Å². The molecule has 2 rings (SSSR count). The van der Waals surface area contributed by atoms with Crippen LogP contribution >= 0.6 is 0 Å². The summed E-state index contributed by atoms with van der Waals surface area (Å²) in [6.45, 7) is 9.22. The van der Waals surface area contributed by atoms with Gasteiger partial charge in [0.1, 0.15) is 5.75 Å². The van der Waals surface area contributed by atoms with E-state index in [-0.39, 0.29) is 6.04 Å². The van der Waals surface area contributed by atoms with Crippen LogP contribution in [-0.2, 0) is 19.9 Å². The Morgan fingerprint density at radius 2 is 2.04 bits per heavy atom. The fraction of sp³-hybridized carbons (Fsp3) is 0.524. The summed E-state index contributed by atoms with van der Waals surface area (Å²) in [5, 5.41) is 11.4. The first kappa shape index (κ1) is 20.8. The van der Waals surface area contributed by atoms with E-state index in [1.807, 2.05) is 11.7 Å². The molecular weight excluding hydrogens is 338 g/mol. The molecule has 1 aromatic heterocycles. The van der Waals surface area contributed by atoms with Crippen molar-refractivity contribution in [3.8, 4) is 5.75 Å². The van der Waals surface area contributed by atoms with E-state index in [1.165, 1.54) is 16.8 Å². The van der Waals surface area contributed by atoms with Crippen molar-refractivity contribution in [2.45, 2.75) is 46.6 Å². The molecule has 1 heterocycles. The maximum absolute atomic E-state index is 5.40. The Morgan fingerprint density at radius 3 is 2.63 bits per heavy atom. The van der Waals surface area contributed by atoms with E-state index in [2.05, 4.69) is 66.6 Å². The number of aromatic nitrogens is 2. The van der Waals surface area contributed by atoms with Gasteiger partial charge in [-0.15, -0.1) is 0 Å². The summed E-state index contributed by atoms with van der Waals surface area (Å²) in [4.78, 5) is 4.35. The number of hydrogen-bond acceptors (Lipinski definition) is 3. The molecule has 0 aliphatic rings. The Hall–Kier alpha value is -2.50. The van der Waals surface area contributed by atoms with Gasteiger partial charge in [0.05, 0.1) is 12.8 Å². The Balaban J connectivity index is 1.86. The van der Waals surface area contributed by atoms with Gasteiger partial charge in [-0.3, -0.25) is 9.67 Å². The normalized spacial score (nSPS) is 12.8. The number of rotatable bonds is 7. The Kier molecular flexibility index (Phi) is 7.28. The molecule has 0 radical (unpaired) electrons. The molecule has 148 valence electrons. The number of aryl methyl sites for hydroxylation is 3. The third kappa shape index (κ3) is 5.49. The molecular formula is C21H33N5O. The molecule has 1 atom stereocenters.